The summed E-state index contributed by atoms with van der Waals surface area (Å²) in [5.41, 5.74) is 1.67. The molecule has 1 fully saturated rings. The summed E-state index contributed by atoms with van der Waals surface area (Å²) in [5, 5.41) is 3.15. The number of anilines is 2. The molecule has 10 heteroatoms. The van der Waals surface area contributed by atoms with Crippen LogP contribution in [0.4, 0.5) is 20.4 Å². The summed E-state index contributed by atoms with van der Waals surface area (Å²) in [4.78, 5) is 10.8. The summed E-state index contributed by atoms with van der Waals surface area (Å²) in [5.74, 6) is -0.0994. The van der Waals surface area contributed by atoms with Gasteiger partial charge in [0.2, 0.25) is 5.95 Å². The smallest absolute Gasteiger partial charge is 0.227 e. The lowest BCUT2D eigenvalue weighted by molar-refractivity contribution is 0.252. The molecule has 0 aliphatic carbocycles. The maximum atomic E-state index is 14.5. The van der Waals surface area contributed by atoms with Crippen LogP contribution < -0.4 is 24.3 Å². The molecular formula is C26H30F2N4O4. The van der Waals surface area contributed by atoms with Gasteiger partial charge in [0.05, 0.1) is 39.3 Å². The molecule has 1 aliphatic heterocycles. The number of nitrogens with zero attached hydrogens (tertiary/aromatic N) is 3. The molecule has 1 aliphatic rings. The molecule has 0 atom stereocenters. The van der Waals surface area contributed by atoms with Crippen molar-refractivity contribution in [1.29, 1.82) is 0 Å². The highest BCUT2D eigenvalue weighted by Crippen LogP contribution is 2.36. The largest absolute Gasteiger partial charge is 0.496 e. The van der Waals surface area contributed by atoms with Crippen molar-refractivity contribution in [2.75, 3.05) is 46.8 Å². The van der Waals surface area contributed by atoms with Crippen LogP contribution in [0, 0.1) is 11.6 Å². The van der Waals surface area contributed by atoms with Crippen LogP contribution in [0.25, 0.3) is 0 Å². The van der Waals surface area contributed by atoms with Crippen LogP contribution in [0.2, 0.25) is 0 Å². The van der Waals surface area contributed by atoms with E-state index < -0.39 is 18.2 Å². The molecule has 0 saturated carbocycles. The number of rotatable bonds is 9. The van der Waals surface area contributed by atoms with Crippen LogP contribution in [0.15, 0.2) is 36.7 Å². The van der Waals surface area contributed by atoms with Crippen LogP contribution in [-0.2, 0) is 6.61 Å². The summed E-state index contributed by atoms with van der Waals surface area (Å²) in [7, 11) is 6.39. The standard InChI is InChI=1S/C26H30F2N4O4/c1-32-9-7-16(8-10-32)19-6-5-17(11-21(19)33-2)31-26-29-13-18(14-30-26)36-15-20-24(27)22(34-3)12-23(35-4)25(20)28/h5-6,11-14,16H,7-10,15H2,1-4H3,(H,29,30,31). The van der Waals surface area contributed by atoms with E-state index in [1.807, 2.05) is 12.1 Å². The Balaban J connectivity index is 1.42. The van der Waals surface area contributed by atoms with Crippen molar-refractivity contribution in [3.05, 3.63) is 59.4 Å². The number of ether oxygens (including phenoxy) is 4. The number of hydrogen-bond acceptors (Lipinski definition) is 8. The fraction of sp³-hybridized carbons (Fsp3) is 0.385. The quantitative estimate of drug-likeness (QED) is 0.444. The average Bonchev–Trinajstić information content (AvgIpc) is 2.90. The molecule has 1 aromatic heterocycles. The monoisotopic (exact) mass is 500 g/mol. The lowest BCUT2D eigenvalue weighted by Crippen LogP contribution is -2.29. The number of benzene rings is 2. The van der Waals surface area contributed by atoms with Gasteiger partial charge in [-0.25, -0.2) is 18.7 Å². The van der Waals surface area contributed by atoms with Crippen LogP contribution >= 0.6 is 0 Å². The Hall–Kier alpha value is -3.66. The number of halogens is 2. The molecule has 0 radical (unpaired) electrons. The van der Waals surface area contributed by atoms with Gasteiger partial charge in [-0.15, -0.1) is 0 Å². The first-order valence-electron chi connectivity index (χ1n) is 11.6. The maximum absolute atomic E-state index is 14.5. The molecule has 4 rings (SSSR count). The number of methoxy groups -OCH3 is 3. The van der Waals surface area contributed by atoms with Gasteiger partial charge in [-0.2, -0.15) is 0 Å². The summed E-state index contributed by atoms with van der Waals surface area (Å²) in [6.07, 6.45) is 5.04. The summed E-state index contributed by atoms with van der Waals surface area (Å²) in [6.45, 7) is 1.75. The highest BCUT2D eigenvalue weighted by atomic mass is 19.1. The maximum Gasteiger partial charge on any atom is 0.227 e. The predicted octanol–water partition coefficient (Wildman–Crippen LogP) is 4.91. The zero-order valence-electron chi connectivity index (χ0n) is 20.8. The number of likely N-dealkylation sites (tertiary alicyclic amines) is 1. The zero-order chi connectivity index (χ0) is 25.7. The van der Waals surface area contributed by atoms with E-state index in [4.69, 9.17) is 18.9 Å². The van der Waals surface area contributed by atoms with Crippen LogP contribution in [0.5, 0.6) is 23.0 Å². The highest BCUT2D eigenvalue weighted by Gasteiger charge is 2.22. The van der Waals surface area contributed by atoms with E-state index in [0.29, 0.717) is 11.9 Å². The van der Waals surface area contributed by atoms with E-state index >= 15 is 0 Å². The first-order chi connectivity index (χ1) is 17.4. The van der Waals surface area contributed by atoms with E-state index in [1.54, 1.807) is 7.11 Å². The van der Waals surface area contributed by atoms with Gasteiger partial charge in [-0.05, 0) is 50.5 Å². The SMILES string of the molecule is COc1cc(Nc2ncc(OCc3c(F)c(OC)cc(OC)c3F)cn2)ccc1C1CCN(C)CC1. The van der Waals surface area contributed by atoms with Crippen molar-refractivity contribution < 1.29 is 27.7 Å². The van der Waals surface area contributed by atoms with Gasteiger partial charge in [0.25, 0.3) is 0 Å². The van der Waals surface area contributed by atoms with E-state index in [-0.39, 0.29) is 22.8 Å². The molecule has 8 nitrogen and oxygen atoms in total. The number of hydrogen-bond donors (Lipinski definition) is 1. The zero-order valence-corrected chi connectivity index (χ0v) is 20.8. The molecular weight excluding hydrogens is 470 g/mol. The van der Waals surface area contributed by atoms with Crippen molar-refractivity contribution in [3.8, 4) is 23.0 Å². The third-order valence-electron chi connectivity index (χ3n) is 6.32. The minimum Gasteiger partial charge on any atom is -0.496 e. The topological polar surface area (TPSA) is 78.0 Å². The summed E-state index contributed by atoms with van der Waals surface area (Å²) in [6, 6.07) is 7.14. The minimum atomic E-state index is -0.854. The van der Waals surface area contributed by atoms with E-state index in [9.17, 15) is 8.78 Å². The number of nitrogens with one attached hydrogen (secondary N) is 1. The average molecular weight is 501 g/mol. The predicted molar refractivity (Wildman–Crippen MR) is 132 cm³/mol. The molecule has 0 unspecified atom stereocenters. The van der Waals surface area contributed by atoms with Gasteiger partial charge in [0.15, 0.2) is 28.9 Å². The fourth-order valence-electron chi connectivity index (χ4n) is 4.25. The van der Waals surface area contributed by atoms with Crippen molar-refractivity contribution in [1.82, 2.24) is 14.9 Å². The Kier molecular flexibility index (Phi) is 8.04. The van der Waals surface area contributed by atoms with Gasteiger partial charge >= 0.3 is 0 Å². The molecule has 2 heterocycles. The van der Waals surface area contributed by atoms with Crippen molar-refractivity contribution in [2.24, 2.45) is 0 Å². The number of piperidine rings is 1. The Morgan fingerprint density at radius 2 is 1.53 bits per heavy atom. The Morgan fingerprint density at radius 1 is 0.917 bits per heavy atom. The Morgan fingerprint density at radius 3 is 2.11 bits per heavy atom. The second-order valence-electron chi connectivity index (χ2n) is 8.58. The molecule has 36 heavy (non-hydrogen) atoms. The highest BCUT2D eigenvalue weighted by molar-refractivity contribution is 5.58. The van der Waals surface area contributed by atoms with Gasteiger partial charge in [-0.3, -0.25) is 0 Å². The Bertz CT molecular complexity index is 1160. The molecule has 3 aromatic rings. The number of aromatic nitrogens is 2. The molecule has 192 valence electrons. The normalized spacial score (nSPS) is 14.4. The van der Waals surface area contributed by atoms with Crippen molar-refractivity contribution >= 4 is 11.6 Å². The molecule has 0 bridgehead atoms. The fourth-order valence-corrected chi connectivity index (χ4v) is 4.25. The van der Waals surface area contributed by atoms with Crippen LogP contribution in [-0.4, -0.2) is 56.3 Å². The summed E-state index contributed by atoms with van der Waals surface area (Å²) < 4.78 is 50.1. The molecule has 0 spiro atoms. The second-order valence-corrected chi connectivity index (χ2v) is 8.58. The first kappa shape index (κ1) is 25.4. The van der Waals surface area contributed by atoms with Gasteiger partial charge < -0.3 is 29.2 Å². The molecule has 0 amide bonds. The van der Waals surface area contributed by atoms with Gasteiger partial charge in [-0.1, -0.05) is 6.07 Å². The van der Waals surface area contributed by atoms with Gasteiger partial charge in [0.1, 0.15) is 12.4 Å². The minimum absolute atomic E-state index is 0.139. The van der Waals surface area contributed by atoms with Crippen molar-refractivity contribution in [2.45, 2.75) is 25.4 Å². The van der Waals surface area contributed by atoms with E-state index in [1.165, 1.54) is 32.2 Å². The lowest BCUT2D eigenvalue weighted by atomic mass is 9.89. The first-order valence-corrected chi connectivity index (χ1v) is 11.6. The Labute approximate surface area is 209 Å². The van der Waals surface area contributed by atoms with E-state index in [2.05, 4.69) is 33.3 Å². The third kappa shape index (κ3) is 5.59. The molecule has 1 N–H and O–H groups in total. The molecule has 1 saturated heterocycles. The van der Waals surface area contributed by atoms with Crippen LogP contribution in [0.3, 0.4) is 0 Å². The summed E-state index contributed by atoms with van der Waals surface area (Å²) >= 11 is 0. The van der Waals surface area contributed by atoms with Gasteiger partial charge in [0, 0.05) is 17.8 Å². The lowest BCUT2D eigenvalue weighted by Gasteiger charge is -2.30. The van der Waals surface area contributed by atoms with E-state index in [0.717, 1.165) is 43.4 Å². The second kappa shape index (κ2) is 11.4. The molecule has 2 aromatic carbocycles. The third-order valence-corrected chi connectivity index (χ3v) is 6.32. The van der Waals surface area contributed by atoms with Crippen LogP contribution in [0.1, 0.15) is 29.9 Å². The van der Waals surface area contributed by atoms with Crippen molar-refractivity contribution in [3.63, 3.8) is 0 Å².